The molecule has 1 aliphatic carbocycles. The Labute approximate surface area is 109 Å². The summed E-state index contributed by atoms with van der Waals surface area (Å²) >= 11 is 0. The number of aldehydes is 1. The van der Waals surface area contributed by atoms with E-state index >= 15 is 0 Å². The smallest absolute Gasteiger partial charge is 0.207 e. The van der Waals surface area contributed by atoms with Crippen molar-refractivity contribution in [2.75, 3.05) is 13.1 Å². The molecule has 0 saturated carbocycles. The van der Waals surface area contributed by atoms with E-state index in [-0.39, 0.29) is 0 Å². The number of nitrogens with one attached hydrogen (secondary N) is 1. The molecule has 1 rings (SSSR count). The molecule has 4 heteroatoms. The second-order valence-corrected chi connectivity index (χ2v) is 3.88. The van der Waals surface area contributed by atoms with Gasteiger partial charge in [-0.1, -0.05) is 29.9 Å². The molecule has 4 nitrogen and oxygen atoms in total. The number of nitrogens with two attached hydrogens (primary N) is 1. The molecule has 0 bridgehead atoms. The lowest BCUT2D eigenvalue weighted by Gasteiger charge is -1.91. The van der Waals surface area contributed by atoms with Gasteiger partial charge in [-0.05, 0) is 25.3 Å². The average molecular weight is 250 g/mol. The molecule has 0 atom stereocenters. The largest absolute Gasteiger partial charge is 0.359 e. The fourth-order valence-corrected chi connectivity index (χ4v) is 1.27. The molecule has 0 aromatic rings. The molecule has 0 aromatic carbocycles. The van der Waals surface area contributed by atoms with Crippen LogP contribution in [0.15, 0.2) is 35.5 Å². The van der Waals surface area contributed by atoms with Crippen LogP contribution in [-0.2, 0) is 9.59 Å². The van der Waals surface area contributed by atoms with Gasteiger partial charge < -0.3 is 15.8 Å². The number of carbonyl (C=O) groups excluding carboxylic acids is 2. The quantitative estimate of drug-likeness (QED) is 0.554. The summed E-state index contributed by atoms with van der Waals surface area (Å²) < 4.78 is 0. The third-order valence-corrected chi connectivity index (χ3v) is 2.34. The van der Waals surface area contributed by atoms with E-state index in [1.807, 2.05) is 0 Å². The third-order valence-electron chi connectivity index (χ3n) is 2.34. The Hall–Kier alpha value is -1.68. The van der Waals surface area contributed by atoms with E-state index in [4.69, 9.17) is 5.73 Å². The minimum atomic E-state index is 0.529. The van der Waals surface area contributed by atoms with Crippen LogP contribution in [0.4, 0.5) is 0 Å². The minimum Gasteiger partial charge on any atom is -0.359 e. The highest BCUT2D eigenvalue weighted by molar-refractivity contribution is 5.49. The van der Waals surface area contributed by atoms with Gasteiger partial charge in [0.2, 0.25) is 6.41 Å². The van der Waals surface area contributed by atoms with E-state index in [2.05, 4.69) is 36.5 Å². The molecule has 0 heterocycles. The monoisotopic (exact) mass is 250 g/mol. The zero-order valence-corrected chi connectivity index (χ0v) is 10.9. The third kappa shape index (κ3) is 9.54. The van der Waals surface area contributed by atoms with Crippen molar-refractivity contribution in [1.29, 1.82) is 0 Å². The SMILES string of the molecule is CC1=CCC=C(CN)C=C1.O=CCCCNC=O. The number of hydrogen-bond donors (Lipinski definition) is 2. The fourth-order valence-electron chi connectivity index (χ4n) is 1.27. The topological polar surface area (TPSA) is 72.2 Å². The van der Waals surface area contributed by atoms with Gasteiger partial charge in [0.1, 0.15) is 6.29 Å². The van der Waals surface area contributed by atoms with Gasteiger partial charge in [0, 0.05) is 19.5 Å². The van der Waals surface area contributed by atoms with E-state index in [0.29, 0.717) is 25.9 Å². The molecular weight excluding hydrogens is 228 g/mol. The molecule has 3 N–H and O–H groups in total. The molecule has 0 unspecified atom stereocenters. The first-order chi connectivity index (χ1) is 8.74. The van der Waals surface area contributed by atoms with Crippen LogP contribution >= 0.6 is 0 Å². The van der Waals surface area contributed by atoms with Gasteiger partial charge in [-0.2, -0.15) is 0 Å². The number of rotatable bonds is 6. The Morgan fingerprint density at radius 3 is 2.72 bits per heavy atom. The molecule has 0 saturated heterocycles. The lowest BCUT2D eigenvalue weighted by atomic mass is 10.2. The molecule has 1 amide bonds. The van der Waals surface area contributed by atoms with E-state index in [1.165, 1.54) is 11.1 Å². The maximum atomic E-state index is 9.65. The summed E-state index contributed by atoms with van der Waals surface area (Å²) in [4.78, 5) is 19.2. The fraction of sp³-hybridized carbons (Fsp3) is 0.429. The summed E-state index contributed by atoms with van der Waals surface area (Å²) in [6.07, 6.45) is 12.3. The number of amides is 1. The van der Waals surface area contributed by atoms with Crippen molar-refractivity contribution in [1.82, 2.24) is 5.32 Å². The van der Waals surface area contributed by atoms with Crippen LogP contribution in [0.2, 0.25) is 0 Å². The van der Waals surface area contributed by atoms with Gasteiger partial charge in [-0.3, -0.25) is 4.79 Å². The Kier molecular flexibility index (Phi) is 10.7. The van der Waals surface area contributed by atoms with Gasteiger partial charge >= 0.3 is 0 Å². The molecule has 0 aliphatic heterocycles. The van der Waals surface area contributed by atoms with Gasteiger partial charge in [0.05, 0.1) is 0 Å². The van der Waals surface area contributed by atoms with Crippen molar-refractivity contribution in [3.05, 3.63) is 35.5 Å². The van der Waals surface area contributed by atoms with E-state index in [1.54, 1.807) is 0 Å². The minimum absolute atomic E-state index is 0.529. The lowest BCUT2D eigenvalue weighted by molar-refractivity contribution is -0.110. The highest BCUT2D eigenvalue weighted by atomic mass is 16.1. The Morgan fingerprint density at radius 1 is 1.33 bits per heavy atom. The standard InChI is InChI=1S/C9H13N.C5H9NO2/c1-8-3-2-4-9(7-10)6-5-8;7-4-2-1-3-6-5-8/h3-6H,2,7,10H2,1H3;4-5H,1-3H2,(H,6,8). The van der Waals surface area contributed by atoms with Crippen molar-refractivity contribution >= 4 is 12.7 Å². The molecule has 0 spiro atoms. The second-order valence-electron chi connectivity index (χ2n) is 3.88. The number of carbonyl (C=O) groups is 2. The number of allylic oxidation sites excluding steroid dienone is 4. The van der Waals surface area contributed by atoms with Gasteiger partial charge in [0.25, 0.3) is 0 Å². The van der Waals surface area contributed by atoms with E-state index in [0.717, 1.165) is 19.1 Å². The molecular formula is C14H22N2O2. The summed E-state index contributed by atoms with van der Waals surface area (Å²) in [5.41, 5.74) is 8.02. The van der Waals surface area contributed by atoms with E-state index < -0.39 is 0 Å². The summed E-state index contributed by atoms with van der Waals surface area (Å²) in [7, 11) is 0. The molecule has 0 aromatic heterocycles. The highest BCUT2D eigenvalue weighted by Gasteiger charge is 1.91. The zero-order chi connectivity index (χ0) is 13.6. The molecule has 0 fully saturated rings. The average Bonchev–Trinajstić information content (AvgIpc) is 2.60. The first-order valence-electron chi connectivity index (χ1n) is 6.09. The molecule has 100 valence electrons. The second kappa shape index (κ2) is 11.8. The molecule has 1 aliphatic rings. The van der Waals surface area contributed by atoms with Gasteiger partial charge in [-0.25, -0.2) is 0 Å². The van der Waals surface area contributed by atoms with Crippen molar-refractivity contribution in [3.8, 4) is 0 Å². The summed E-state index contributed by atoms with van der Waals surface area (Å²) in [6, 6.07) is 0. The van der Waals surface area contributed by atoms with Crippen LogP contribution in [0.3, 0.4) is 0 Å². The predicted molar refractivity (Wildman–Crippen MR) is 74.0 cm³/mol. The maximum absolute atomic E-state index is 9.65. The van der Waals surface area contributed by atoms with Crippen LogP contribution < -0.4 is 11.1 Å². The number of hydrogen-bond acceptors (Lipinski definition) is 3. The Bertz CT molecular complexity index is 321. The van der Waals surface area contributed by atoms with Crippen molar-refractivity contribution < 1.29 is 9.59 Å². The summed E-state index contributed by atoms with van der Waals surface area (Å²) in [5.74, 6) is 0. The predicted octanol–water partition coefficient (Wildman–Crippen LogP) is 1.49. The van der Waals surface area contributed by atoms with Crippen LogP contribution in [0.1, 0.15) is 26.2 Å². The first-order valence-corrected chi connectivity index (χ1v) is 6.09. The van der Waals surface area contributed by atoms with E-state index in [9.17, 15) is 9.59 Å². The van der Waals surface area contributed by atoms with Crippen LogP contribution in [0, 0.1) is 0 Å². The summed E-state index contributed by atoms with van der Waals surface area (Å²) in [6.45, 7) is 3.35. The molecule has 18 heavy (non-hydrogen) atoms. The molecule has 0 radical (unpaired) electrons. The zero-order valence-electron chi connectivity index (χ0n) is 10.9. The Balaban J connectivity index is 0.000000331. The normalized spacial score (nSPS) is 13.4. The highest BCUT2D eigenvalue weighted by Crippen LogP contribution is 2.08. The van der Waals surface area contributed by atoms with Gasteiger partial charge in [0.15, 0.2) is 0 Å². The number of unbranched alkanes of at least 4 members (excludes halogenated alkanes) is 1. The first kappa shape index (κ1) is 16.3. The van der Waals surface area contributed by atoms with Crippen LogP contribution in [0.25, 0.3) is 0 Å². The summed E-state index contributed by atoms with van der Waals surface area (Å²) in [5, 5.41) is 2.44. The van der Waals surface area contributed by atoms with Crippen molar-refractivity contribution in [2.24, 2.45) is 5.73 Å². The lowest BCUT2D eigenvalue weighted by Crippen LogP contribution is -2.11. The van der Waals surface area contributed by atoms with Crippen molar-refractivity contribution in [3.63, 3.8) is 0 Å². The van der Waals surface area contributed by atoms with Gasteiger partial charge in [-0.15, -0.1) is 0 Å². The van der Waals surface area contributed by atoms with Crippen LogP contribution in [-0.4, -0.2) is 25.8 Å². The van der Waals surface area contributed by atoms with Crippen LogP contribution in [0.5, 0.6) is 0 Å². The maximum Gasteiger partial charge on any atom is 0.207 e. The Morgan fingerprint density at radius 2 is 2.11 bits per heavy atom. The van der Waals surface area contributed by atoms with Crippen molar-refractivity contribution in [2.45, 2.75) is 26.2 Å².